The van der Waals surface area contributed by atoms with Gasteiger partial charge in [-0.3, -0.25) is 0 Å². The van der Waals surface area contributed by atoms with Crippen molar-refractivity contribution >= 4 is 0 Å². The van der Waals surface area contributed by atoms with Gasteiger partial charge in [0.1, 0.15) is 0 Å². The Hall–Kier alpha value is -0.0400. The molecule has 1 aliphatic rings. The minimum atomic E-state index is 0.201. The van der Waals surface area contributed by atoms with Crippen LogP contribution >= 0.6 is 0 Å². The van der Waals surface area contributed by atoms with E-state index in [1.807, 2.05) is 0 Å². The second-order valence-corrected chi connectivity index (χ2v) is 7.32. The maximum absolute atomic E-state index is 6.61. The first-order valence-electron chi connectivity index (χ1n) is 9.49. The van der Waals surface area contributed by atoms with E-state index in [1.165, 1.54) is 96.3 Å². The first kappa shape index (κ1) is 18.0. The fourth-order valence-electron chi connectivity index (χ4n) is 3.72. The summed E-state index contributed by atoms with van der Waals surface area (Å²) in [5.41, 5.74) is 6.81. The highest BCUT2D eigenvalue weighted by Gasteiger charge is 2.30. The van der Waals surface area contributed by atoms with Gasteiger partial charge in [0, 0.05) is 5.54 Å². The van der Waals surface area contributed by atoms with E-state index in [1.54, 1.807) is 0 Å². The molecule has 0 heterocycles. The lowest BCUT2D eigenvalue weighted by atomic mass is 9.73. The Bertz CT molecular complexity index is 216. The third-order valence-electron chi connectivity index (χ3n) is 5.35. The molecule has 0 radical (unpaired) electrons. The van der Waals surface area contributed by atoms with Gasteiger partial charge in [0.2, 0.25) is 0 Å². The van der Waals surface area contributed by atoms with E-state index in [2.05, 4.69) is 13.8 Å². The molecule has 1 nitrogen and oxygen atoms in total. The highest BCUT2D eigenvalue weighted by atomic mass is 14.7. The topological polar surface area (TPSA) is 26.0 Å². The minimum absolute atomic E-state index is 0.201. The molecule has 0 saturated heterocycles. The molecule has 2 N–H and O–H groups in total. The van der Waals surface area contributed by atoms with Gasteiger partial charge in [-0.2, -0.15) is 0 Å². The molecule has 0 aromatic rings. The molecule has 0 amide bonds. The molecule has 0 aliphatic heterocycles. The van der Waals surface area contributed by atoms with Crippen molar-refractivity contribution < 1.29 is 0 Å². The van der Waals surface area contributed by atoms with E-state index in [0.717, 1.165) is 5.92 Å². The summed E-state index contributed by atoms with van der Waals surface area (Å²) in [5.74, 6) is 0.987. The molecule has 1 heteroatoms. The Morgan fingerprint density at radius 3 is 1.95 bits per heavy atom. The van der Waals surface area contributed by atoms with Gasteiger partial charge in [0.25, 0.3) is 0 Å². The Balaban J connectivity index is 2.03. The number of nitrogens with two attached hydrogens (primary N) is 1. The zero-order valence-electron chi connectivity index (χ0n) is 14.3. The Kier molecular flexibility index (Phi) is 9.59. The summed E-state index contributed by atoms with van der Waals surface area (Å²) >= 11 is 0. The van der Waals surface area contributed by atoms with Crippen molar-refractivity contribution in [3.8, 4) is 0 Å². The monoisotopic (exact) mass is 281 g/mol. The molecule has 0 atom stereocenters. The van der Waals surface area contributed by atoms with Crippen LogP contribution in [0.15, 0.2) is 0 Å². The lowest BCUT2D eigenvalue weighted by molar-refractivity contribution is 0.207. The highest BCUT2D eigenvalue weighted by molar-refractivity contribution is 4.89. The van der Waals surface area contributed by atoms with Crippen LogP contribution in [0.3, 0.4) is 0 Å². The first-order valence-corrected chi connectivity index (χ1v) is 9.49. The van der Waals surface area contributed by atoms with Crippen LogP contribution in [-0.4, -0.2) is 5.54 Å². The van der Waals surface area contributed by atoms with Crippen LogP contribution in [0.1, 0.15) is 110 Å². The molecule has 0 bridgehead atoms. The number of rotatable bonds is 11. The summed E-state index contributed by atoms with van der Waals surface area (Å²) < 4.78 is 0. The third kappa shape index (κ3) is 7.67. The summed E-state index contributed by atoms with van der Waals surface area (Å²) in [4.78, 5) is 0. The molecular weight excluding hydrogens is 242 g/mol. The average Bonchev–Trinajstić information content (AvgIpc) is 2.46. The fraction of sp³-hybridized carbons (Fsp3) is 1.00. The SMILES string of the molecule is CCCCCCCCCC1(N)CCC(CCCC)CC1. The van der Waals surface area contributed by atoms with Crippen LogP contribution in [-0.2, 0) is 0 Å². The molecule has 20 heavy (non-hydrogen) atoms. The van der Waals surface area contributed by atoms with Gasteiger partial charge in [-0.1, -0.05) is 78.1 Å². The van der Waals surface area contributed by atoms with Crippen LogP contribution in [0.5, 0.6) is 0 Å². The van der Waals surface area contributed by atoms with Crippen molar-refractivity contribution in [1.82, 2.24) is 0 Å². The normalized spacial score (nSPS) is 26.9. The van der Waals surface area contributed by atoms with E-state index in [9.17, 15) is 0 Å². The van der Waals surface area contributed by atoms with Crippen LogP contribution in [0.25, 0.3) is 0 Å². The lowest BCUT2D eigenvalue weighted by Crippen LogP contribution is -2.43. The molecule has 1 saturated carbocycles. The Morgan fingerprint density at radius 1 is 0.800 bits per heavy atom. The quantitative estimate of drug-likeness (QED) is 0.448. The first-order chi connectivity index (χ1) is 9.70. The van der Waals surface area contributed by atoms with Crippen molar-refractivity contribution in [2.45, 2.75) is 116 Å². The second-order valence-electron chi connectivity index (χ2n) is 7.32. The molecular formula is C19H39N. The van der Waals surface area contributed by atoms with E-state index >= 15 is 0 Å². The molecule has 1 aliphatic carbocycles. The van der Waals surface area contributed by atoms with Crippen LogP contribution in [0.4, 0.5) is 0 Å². The summed E-state index contributed by atoms with van der Waals surface area (Å²) in [6, 6.07) is 0. The molecule has 120 valence electrons. The smallest absolute Gasteiger partial charge is 0.0154 e. The largest absolute Gasteiger partial charge is 0.325 e. The zero-order chi connectivity index (χ0) is 14.7. The number of hydrogen-bond donors (Lipinski definition) is 1. The van der Waals surface area contributed by atoms with Gasteiger partial charge in [-0.05, 0) is 38.0 Å². The molecule has 1 fully saturated rings. The summed E-state index contributed by atoms with van der Waals surface area (Å²) in [6.07, 6.45) is 20.7. The van der Waals surface area contributed by atoms with Gasteiger partial charge in [-0.15, -0.1) is 0 Å². The van der Waals surface area contributed by atoms with Crippen molar-refractivity contribution in [1.29, 1.82) is 0 Å². The summed E-state index contributed by atoms with van der Waals surface area (Å²) in [6.45, 7) is 4.59. The average molecular weight is 282 g/mol. The Morgan fingerprint density at radius 2 is 1.35 bits per heavy atom. The molecule has 0 spiro atoms. The molecule has 1 rings (SSSR count). The lowest BCUT2D eigenvalue weighted by Gasteiger charge is -2.37. The molecule has 0 aromatic heterocycles. The maximum atomic E-state index is 6.61. The molecule has 0 unspecified atom stereocenters. The van der Waals surface area contributed by atoms with Crippen molar-refractivity contribution in [3.05, 3.63) is 0 Å². The predicted molar refractivity (Wildman–Crippen MR) is 91.0 cm³/mol. The van der Waals surface area contributed by atoms with Gasteiger partial charge >= 0.3 is 0 Å². The van der Waals surface area contributed by atoms with Gasteiger partial charge < -0.3 is 5.73 Å². The van der Waals surface area contributed by atoms with E-state index in [-0.39, 0.29) is 5.54 Å². The van der Waals surface area contributed by atoms with Crippen LogP contribution in [0.2, 0.25) is 0 Å². The predicted octanol–water partition coefficient (Wildman–Crippen LogP) is 6.21. The second kappa shape index (κ2) is 10.7. The summed E-state index contributed by atoms with van der Waals surface area (Å²) in [5, 5.41) is 0. The van der Waals surface area contributed by atoms with E-state index < -0.39 is 0 Å². The summed E-state index contributed by atoms with van der Waals surface area (Å²) in [7, 11) is 0. The Labute approximate surface area is 128 Å². The van der Waals surface area contributed by atoms with Gasteiger partial charge in [0.15, 0.2) is 0 Å². The fourth-order valence-corrected chi connectivity index (χ4v) is 3.72. The van der Waals surface area contributed by atoms with Crippen molar-refractivity contribution in [2.75, 3.05) is 0 Å². The van der Waals surface area contributed by atoms with Gasteiger partial charge in [0.05, 0.1) is 0 Å². The maximum Gasteiger partial charge on any atom is 0.0154 e. The van der Waals surface area contributed by atoms with Crippen molar-refractivity contribution in [2.24, 2.45) is 11.7 Å². The highest BCUT2D eigenvalue weighted by Crippen LogP contribution is 2.36. The molecule has 0 aromatic carbocycles. The van der Waals surface area contributed by atoms with Gasteiger partial charge in [-0.25, -0.2) is 0 Å². The van der Waals surface area contributed by atoms with Crippen LogP contribution < -0.4 is 5.73 Å². The van der Waals surface area contributed by atoms with Crippen molar-refractivity contribution in [3.63, 3.8) is 0 Å². The number of hydrogen-bond acceptors (Lipinski definition) is 1. The zero-order valence-corrected chi connectivity index (χ0v) is 14.3. The van der Waals surface area contributed by atoms with E-state index in [4.69, 9.17) is 5.73 Å². The van der Waals surface area contributed by atoms with E-state index in [0.29, 0.717) is 0 Å². The standard InChI is InChI=1S/C19H39N/c1-3-5-7-8-9-10-11-15-19(20)16-13-18(14-17-19)12-6-4-2/h18H,3-17,20H2,1-2H3. The third-order valence-corrected chi connectivity index (χ3v) is 5.35. The van der Waals surface area contributed by atoms with Crippen LogP contribution in [0, 0.1) is 5.92 Å². The minimum Gasteiger partial charge on any atom is -0.325 e. The number of unbranched alkanes of at least 4 members (excludes halogenated alkanes) is 7.